The monoisotopic (exact) mass is 1060 g/mol. The molecule has 0 bridgehead atoms. The van der Waals surface area contributed by atoms with Crippen molar-refractivity contribution in [2.24, 2.45) is 0 Å². The number of aromatic nitrogens is 5. The van der Waals surface area contributed by atoms with Crippen molar-refractivity contribution in [3.63, 3.8) is 0 Å². The number of methoxy groups -OCH3 is 1. The first-order chi connectivity index (χ1) is 35.6. The summed E-state index contributed by atoms with van der Waals surface area (Å²) in [5, 5.41) is 21.4. The molecule has 3 aromatic heterocycles. The van der Waals surface area contributed by atoms with Crippen LogP contribution in [0.15, 0.2) is 133 Å². The summed E-state index contributed by atoms with van der Waals surface area (Å²) >= 11 is 14.4. The van der Waals surface area contributed by atoms with Gasteiger partial charge in [0.1, 0.15) is 54.2 Å². The minimum Gasteiger partial charge on any atom is -0.508 e. The van der Waals surface area contributed by atoms with Crippen molar-refractivity contribution in [3.8, 4) is 57.2 Å². The van der Waals surface area contributed by atoms with Crippen molar-refractivity contribution in [2.75, 3.05) is 26.9 Å². The number of aromatic hydroxyl groups is 1. The Hall–Kier alpha value is -7.61. The summed E-state index contributed by atoms with van der Waals surface area (Å²) in [7, 11) is -2.67. The summed E-state index contributed by atoms with van der Waals surface area (Å²) in [5.74, 6) is -0.945. The fraction of sp³-hybridized carbons (Fsp3) is 0.204. The number of fused-ring (bicyclic) bond motifs is 1. The van der Waals surface area contributed by atoms with Crippen molar-refractivity contribution in [1.29, 1.82) is 0 Å². The number of aliphatic carboxylic acids is 1. The third kappa shape index (κ3) is 11.8. The van der Waals surface area contributed by atoms with Crippen LogP contribution in [0.5, 0.6) is 28.9 Å². The molecule has 382 valence electrons. The second-order valence-electron chi connectivity index (χ2n) is 16.8. The van der Waals surface area contributed by atoms with Gasteiger partial charge in [-0.25, -0.2) is 24.1 Å². The fourth-order valence-electron chi connectivity index (χ4n) is 7.99. The number of hydrogen-bond donors (Lipinski definition) is 2. The molecule has 2 unspecified atom stereocenters. The minimum atomic E-state index is -4.22. The molecule has 0 fully saturated rings. The second kappa shape index (κ2) is 23.1. The first-order valence-electron chi connectivity index (χ1n) is 22.8. The Kier molecular flexibility index (Phi) is 16.4. The number of aryl methyl sites for hydroxylation is 1. The number of nitrogens with zero attached hydrogens (tertiary/aromatic N) is 5. The van der Waals surface area contributed by atoms with Crippen LogP contribution in [0, 0.1) is 26.6 Å². The SMILES string of the molecule is C=CCOCC(COS(=O)(=O)c1ccc(C)cc1)Oc1c(Cl)c(C)c(-n2c(-c3ccc(F)cc3)cc3ncnc(OC(Cc4cc(O)ccc4OCc4ccnc(-c5ccccc5OC)n4)C(=O)O)c32)c(C)c1Cl. The van der Waals surface area contributed by atoms with Crippen LogP contribution < -0.4 is 18.9 Å². The van der Waals surface area contributed by atoms with E-state index < -0.39 is 40.7 Å². The Balaban J connectivity index is 1.15. The molecular weight excluding hydrogens is 1020 g/mol. The number of carboxylic acid groups (broad SMARTS) is 1. The molecule has 3 heterocycles. The zero-order chi connectivity index (χ0) is 52.7. The molecule has 0 saturated carbocycles. The summed E-state index contributed by atoms with van der Waals surface area (Å²) in [6.07, 6.45) is 1.32. The number of phenolic OH excluding ortho intramolecular Hbond substituents is 1. The number of rotatable bonds is 22. The number of para-hydroxylation sites is 1. The highest BCUT2D eigenvalue weighted by atomic mass is 35.5. The minimum absolute atomic E-state index is 0.00482. The Morgan fingerprint density at radius 3 is 2.31 bits per heavy atom. The lowest BCUT2D eigenvalue weighted by atomic mass is 10.1. The van der Waals surface area contributed by atoms with Gasteiger partial charge in [0, 0.05) is 18.2 Å². The van der Waals surface area contributed by atoms with Crippen molar-refractivity contribution in [1.82, 2.24) is 24.5 Å². The maximum Gasteiger partial charge on any atom is 0.345 e. The van der Waals surface area contributed by atoms with Gasteiger partial charge in [0.25, 0.3) is 10.1 Å². The van der Waals surface area contributed by atoms with Crippen LogP contribution in [0.3, 0.4) is 0 Å². The quantitative estimate of drug-likeness (QED) is 0.0368. The molecule has 0 spiro atoms. The molecule has 8 aromatic rings. The zero-order valence-corrected chi connectivity index (χ0v) is 42.6. The van der Waals surface area contributed by atoms with Gasteiger partial charge in [0.05, 0.1) is 63.4 Å². The molecule has 0 aliphatic rings. The topological polar surface area (TPSA) is 204 Å². The first-order valence-corrected chi connectivity index (χ1v) is 24.9. The Bertz CT molecular complexity index is 3440. The van der Waals surface area contributed by atoms with E-state index in [1.165, 1.54) is 54.9 Å². The van der Waals surface area contributed by atoms with Gasteiger partial charge in [-0.1, -0.05) is 59.1 Å². The normalized spacial score (nSPS) is 12.3. The van der Waals surface area contributed by atoms with Gasteiger partial charge >= 0.3 is 5.97 Å². The lowest BCUT2D eigenvalue weighted by Crippen LogP contribution is -2.30. The van der Waals surface area contributed by atoms with E-state index in [1.807, 2.05) is 25.1 Å². The highest BCUT2D eigenvalue weighted by molar-refractivity contribution is 7.86. The standard InChI is InChI=1S/C54H48Cl2FN5O11S/c1-6-23-69-28-39(29-71-74(66,67)40-18-11-31(2)12-19-40)72-51-47(55)32(3)49(33(4)48(51)56)62-43(34-13-15-36(57)16-14-34)26-42-50(62)53(60-30-59-42)73-46(54(64)65)25-35-24-38(63)17-20-44(35)70-27-37-21-22-58-52(61-37)41-9-7-8-10-45(41)68-5/h6-22,24,26,30,39,46,63H,1,23,25,27-29H2,2-5H3,(H,64,65). The van der Waals surface area contributed by atoms with Gasteiger partial charge in [0.2, 0.25) is 12.0 Å². The Labute approximate surface area is 435 Å². The average molecular weight is 1060 g/mol. The van der Waals surface area contributed by atoms with E-state index >= 15 is 0 Å². The van der Waals surface area contributed by atoms with Gasteiger partial charge in [-0.15, -0.1) is 6.58 Å². The van der Waals surface area contributed by atoms with Crippen LogP contribution >= 0.6 is 23.2 Å². The fourth-order valence-corrected chi connectivity index (χ4v) is 9.44. The summed E-state index contributed by atoms with van der Waals surface area (Å²) in [6.45, 7) is 8.34. The Morgan fingerprint density at radius 1 is 0.878 bits per heavy atom. The van der Waals surface area contributed by atoms with E-state index in [0.29, 0.717) is 56.4 Å². The smallest absolute Gasteiger partial charge is 0.345 e. The number of halogens is 3. The number of carboxylic acids is 1. The molecule has 8 rings (SSSR count). The lowest BCUT2D eigenvalue weighted by molar-refractivity contribution is -0.145. The first kappa shape index (κ1) is 52.7. The van der Waals surface area contributed by atoms with E-state index in [9.17, 15) is 27.8 Å². The van der Waals surface area contributed by atoms with Crippen molar-refractivity contribution >= 4 is 50.3 Å². The van der Waals surface area contributed by atoms with Gasteiger partial charge in [0.15, 0.2) is 11.6 Å². The molecule has 0 amide bonds. The molecule has 2 atom stereocenters. The number of phenols is 1. The number of ether oxygens (including phenoxy) is 5. The van der Waals surface area contributed by atoms with Gasteiger partial charge in [-0.2, -0.15) is 13.4 Å². The summed E-state index contributed by atoms with van der Waals surface area (Å²) < 4.78 is 78.1. The number of carbonyl (C=O) groups is 1. The second-order valence-corrected chi connectivity index (χ2v) is 19.1. The highest BCUT2D eigenvalue weighted by Crippen LogP contribution is 2.46. The molecule has 16 nitrogen and oxygen atoms in total. The third-order valence-corrected chi connectivity index (χ3v) is 13.9. The molecule has 5 aromatic carbocycles. The van der Waals surface area contributed by atoms with E-state index in [2.05, 4.69) is 26.5 Å². The zero-order valence-electron chi connectivity index (χ0n) is 40.3. The summed E-state index contributed by atoms with van der Waals surface area (Å²) in [6, 6.07) is 26.8. The number of benzene rings is 5. The van der Waals surface area contributed by atoms with Crippen molar-refractivity contribution in [2.45, 2.75) is 50.9 Å². The van der Waals surface area contributed by atoms with Crippen LogP contribution in [0.4, 0.5) is 4.39 Å². The molecule has 0 saturated heterocycles. The van der Waals surface area contributed by atoms with Crippen LogP contribution in [-0.4, -0.2) is 88.2 Å². The maximum absolute atomic E-state index is 14.4. The molecular formula is C54H48Cl2FN5O11S. The third-order valence-electron chi connectivity index (χ3n) is 11.6. The van der Waals surface area contributed by atoms with Crippen LogP contribution in [0.1, 0.15) is 27.9 Å². The molecule has 20 heteroatoms. The van der Waals surface area contributed by atoms with Crippen LogP contribution in [-0.2, 0) is 36.9 Å². The van der Waals surface area contributed by atoms with E-state index in [0.717, 1.165) is 5.56 Å². The molecule has 0 aliphatic carbocycles. The average Bonchev–Trinajstić information content (AvgIpc) is 3.78. The van der Waals surface area contributed by atoms with Gasteiger partial charge in [-0.05, 0) is 116 Å². The highest BCUT2D eigenvalue weighted by Gasteiger charge is 2.31. The summed E-state index contributed by atoms with van der Waals surface area (Å²) in [5.41, 5.74) is 4.96. The van der Waals surface area contributed by atoms with Gasteiger partial charge in [-0.3, -0.25) is 4.18 Å². The molecule has 0 aliphatic heterocycles. The predicted octanol–water partition coefficient (Wildman–Crippen LogP) is 10.6. The lowest BCUT2D eigenvalue weighted by Gasteiger charge is -2.25. The van der Waals surface area contributed by atoms with Gasteiger partial charge < -0.3 is 38.5 Å². The van der Waals surface area contributed by atoms with Crippen molar-refractivity contribution < 1.29 is 55.7 Å². The van der Waals surface area contributed by atoms with Crippen LogP contribution in [0.2, 0.25) is 10.0 Å². The van der Waals surface area contributed by atoms with E-state index in [1.54, 1.807) is 74.2 Å². The summed E-state index contributed by atoms with van der Waals surface area (Å²) in [4.78, 5) is 31.2. The largest absolute Gasteiger partial charge is 0.508 e. The van der Waals surface area contributed by atoms with Crippen LogP contribution in [0.25, 0.3) is 39.4 Å². The predicted molar refractivity (Wildman–Crippen MR) is 276 cm³/mol. The maximum atomic E-state index is 14.4. The molecule has 74 heavy (non-hydrogen) atoms. The molecule has 0 radical (unpaired) electrons. The number of hydrogen-bond acceptors (Lipinski definition) is 14. The Morgan fingerprint density at radius 2 is 1.61 bits per heavy atom. The van der Waals surface area contributed by atoms with E-state index in [4.69, 9.17) is 51.1 Å². The molecule has 2 N–H and O–H groups in total. The van der Waals surface area contributed by atoms with Crippen molar-refractivity contribution in [3.05, 3.63) is 172 Å². The van der Waals surface area contributed by atoms with E-state index in [-0.39, 0.29) is 75.4 Å².